The number of imidazole rings is 1. The number of benzene rings is 2. The number of carbonyl (C=O) groups is 1. The molecule has 2 aromatic heterocycles. The third-order valence-corrected chi connectivity index (χ3v) is 6.99. The number of hydrogen-bond acceptors (Lipinski definition) is 6. The molecule has 1 aliphatic rings. The molecule has 3 heterocycles. The highest BCUT2D eigenvalue weighted by atomic mass is 79.9. The summed E-state index contributed by atoms with van der Waals surface area (Å²) in [6.45, 7) is 1.67. The highest BCUT2D eigenvalue weighted by molar-refractivity contribution is 9.10. The third-order valence-electron chi connectivity index (χ3n) is 6.46. The van der Waals surface area contributed by atoms with Crippen molar-refractivity contribution >= 4 is 50.8 Å². The van der Waals surface area contributed by atoms with Crippen LogP contribution in [0.1, 0.15) is 25.7 Å². The number of nitrogens with one attached hydrogen (secondary N) is 2. The number of hydrogen-bond donors (Lipinski definition) is 2. The number of aromatic nitrogens is 3. The summed E-state index contributed by atoms with van der Waals surface area (Å²) in [6, 6.07) is 17.8. The van der Waals surface area contributed by atoms with E-state index in [-0.39, 0.29) is 0 Å². The fourth-order valence-electron chi connectivity index (χ4n) is 4.46. The van der Waals surface area contributed by atoms with Crippen LogP contribution in [0, 0.1) is 0 Å². The first kappa shape index (κ1) is 24.3. The van der Waals surface area contributed by atoms with Gasteiger partial charge in [0.05, 0.1) is 11.0 Å². The predicted octanol–water partition coefficient (Wildman–Crippen LogP) is 5.76. The zero-order chi connectivity index (χ0) is 24.9. The van der Waals surface area contributed by atoms with Crippen molar-refractivity contribution in [2.75, 3.05) is 23.3 Å². The first-order valence-electron chi connectivity index (χ1n) is 12.2. The van der Waals surface area contributed by atoms with Crippen LogP contribution < -0.4 is 20.3 Å². The Morgan fingerprint density at radius 1 is 1.17 bits per heavy atom. The average Bonchev–Trinajstić information content (AvgIpc) is 3.21. The normalized spacial score (nSPS) is 15.6. The minimum atomic E-state index is 0.453. The van der Waals surface area contributed by atoms with E-state index < -0.39 is 0 Å². The molecule has 5 rings (SSSR count). The van der Waals surface area contributed by atoms with Gasteiger partial charge in [0.1, 0.15) is 17.3 Å². The van der Waals surface area contributed by atoms with E-state index in [0.29, 0.717) is 29.9 Å². The first-order valence-corrected chi connectivity index (χ1v) is 13.0. The third kappa shape index (κ3) is 5.68. The molecule has 0 radical (unpaired) electrons. The summed E-state index contributed by atoms with van der Waals surface area (Å²) in [4.78, 5) is 22.6. The monoisotopic (exact) mass is 548 g/mol. The van der Waals surface area contributed by atoms with Crippen LogP contribution in [0.25, 0.3) is 11.0 Å². The van der Waals surface area contributed by atoms with Crippen LogP contribution in [0.3, 0.4) is 0 Å². The lowest BCUT2D eigenvalue weighted by Gasteiger charge is -2.25. The number of fused-ring (bicyclic) bond motifs is 1. The Morgan fingerprint density at radius 2 is 2.00 bits per heavy atom. The van der Waals surface area contributed by atoms with Crippen molar-refractivity contribution < 1.29 is 9.53 Å². The van der Waals surface area contributed by atoms with Gasteiger partial charge in [0.2, 0.25) is 12.4 Å². The molecule has 186 valence electrons. The number of pyridine rings is 1. The van der Waals surface area contributed by atoms with Gasteiger partial charge in [0, 0.05) is 48.1 Å². The molecule has 8 nitrogen and oxygen atoms in total. The lowest BCUT2D eigenvalue weighted by Crippen LogP contribution is -2.37. The molecule has 1 aliphatic heterocycles. The summed E-state index contributed by atoms with van der Waals surface area (Å²) in [5.74, 6) is 2.60. The molecule has 0 spiro atoms. The summed E-state index contributed by atoms with van der Waals surface area (Å²) >= 11 is 3.46. The topological polar surface area (TPSA) is 84.3 Å². The predicted molar refractivity (Wildman–Crippen MR) is 146 cm³/mol. The molecule has 0 aliphatic carbocycles. The maximum atomic E-state index is 11.8. The van der Waals surface area contributed by atoms with Crippen molar-refractivity contribution in [3.05, 3.63) is 65.3 Å². The fourth-order valence-corrected chi connectivity index (χ4v) is 4.72. The number of aryl methyl sites for hydroxylation is 1. The maximum Gasteiger partial charge on any atom is 0.215 e. The number of carbonyl (C=O) groups excluding carboxylic acids is 1. The van der Waals surface area contributed by atoms with Gasteiger partial charge in [-0.2, -0.15) is 0 Å². The van der Waals surface area contributed by atoms with Crippen molar-refractivity contribution in [3.8, 4) is 11.5 Å². The highest BCUT2D eigenvalue weighted by Gasteiger charge is 2.16. The largest absolute Gasteiger partial charge is 0.457 e. The van der Waals surface area contributed by atoms with E-state index in [0.717, 1.165) is 52.9 Å². The number of amides is 1. The number of halogens is 1. The second-order valence-electron chi connectivity index (χ2n) is 8.96. The van der Waals surface area contributed by atoms with E-state index in [9.17, 15) is 4.79 Å². The van der Waals surface area contributed by atoms with E-state index in [1.54, 1.807) is 23.2 Å². The molecule has 9 heteroatoms. The summed E-state index contributed by atoms with van der Waals surface area (Å²) in [7, 11) is 1.98. The van der Waals surface area contributed by atoms with Crippen LogP contribution >= 0.6 is 15.9 Å². The lowest BCUT2D eigenvalue weighted by molar-refractivity contribution is -0.107. The number of piperidine rings is 1. The standard InChI is InChI=1S/C27H29BrN6O2/c1-33-25-10-9-22(16-24(25)32-27(33)31-21-7-5-19(28)6-8-21)36-23-11-14-30-26(17-23)34(18-35)15-12-20-4-2-3-13-29-20/h5-11,14,16-18,20,29H,2-4,12-13,15H2,1H3,(H,31,32). The molecule has 1 fully saturated rings. The zero-order valence-electron chi connectivity index (χ0n) is 20.2. The minimum absolute atomic E-state index is 0.453. The molecular weight excluding hydrogens is 520 g/mol. The Balaban J connectivity index is 1.29. The molecule has 0 bridgehead atoms. The van der Waals surface area contributed by atoms with Gasteiger partial charge in [-0.25, -0.2) is 9.97 Å². The summed E-state index contributed by atoms with van der Waals surface area (Å²) < 4.78 is 9.16. The first-order chi connectivity index (χ1) is 17.6. The summed E-state index contributed by atoms with van der Waals surface area (Å²) in [5.41, 5.74) is 2.76. The molecule has 1 saturated heterocycles. The van der Waals surface area contributed by atoms with Crippen molar-refractivity contribution in [3.63, 3.8) is 0 Å². The van der Waals surface area contributed by atoms with E-state index in [2.05, 4.69) is 31.5 Å². The van der Waals surface area contributed by atoms with Gasteiger partial charge in [-0.3, -0.25) is 9.69 Å². The molecule has 0 saturated carbocycles. The van der Waals surface area contributed by atoms with Gasteiger partial charge in [-0.1, -0.05) is 22.4 Å². The molecule has 2 aromatic carbocycles. The Labute approximate surface area is 218 Å². The molecule has 2 N–H and O–H groups in total. The van der Waals surface area contributed by atoms with Crippen LogP contribution in [0.5, 0.6) is 11.5 Å². The van der Waals surface area contributed by atoms with Crippen LogP contribution in [-0.4, -0.2) is 40.1 Å². The van der Waals surface area contributed by atoms with Gasteiger partial charge in [-0.15, -0.1) is 0 Å². The van der Waals surface area contributed by atoms with Crippen LogP contribution in [0.4, 0.5) is 17.5 Å². The van der Waals surface area contributed by atoms with Crippen molar-refractivity contribution in [2.24, 2.45) is 7.05 Å². The minimum Gasteiger partial charge on any atom is -0.457 e. The van der Waals surface area contributed by atoms with Gasteiger partial charge >= 0.3 is 0 Å². The van der Waals surface area contributed by atoms with Crippen molar-refractivity contribution in [1.82, 2.24) is 19.9 Å². The number of ether oxygens (including phenoxy) is 1. The van der Waals surface area contributed by atoms with Crippen LogP contribution in [-0.2, 0) is 11.8 Å². The summed E-state index contributed by atoms with van der Waals surface area (Å²) in [5, 5.41) is 6.89. The maximum absolute atomic E-state index is 11.8. The van der Waals surface area contributed by atoms with Gasteiger partial charge < -0.3 is 19.9 Å². The van der Waals surface area contributed by atoms with E-state index in [4.69, 9.17) is 9.72 Å². The molecular formula is C27H29BrN6O2. The Hall–Kier alpha value is -3.43. The second-order valence-corrected chi connectivity index (χ2v) is 9.88. The fraction of sp³-hybridized carbons (Fsp3) is 0.296. The Kier molecular flexibility index (Phi) is 7.48. The zero-order valence-corrected chi connectivity index (χ0v) is 21.7. The summed E-state index contributed by atoms with van der Waals surface area (Å²) in [6.07, 6.45) is 7.03. The molecule has 1 amide bonds. The number of nitrogens with zero attached hydrogens (tertiary/aromatic N) is 4. The lowest BCUT2D eigenvalue weighted by atomic mass is 10.0. The quantitative estimate of drug-likeness (QED) is 0.258. The van der Waals surface area contributed by atoms with Crippen molar-refractivity contribution in [1.29, 1.82) is 0 Å². The van der Waals surface area contributed by atoms with E-state index >= 15 is 0 Å². The van der Waals surface area contributed by atoms with Gasteiger partial charge in [-0.05, 0) is 68.3 Å². The van der Waals surface area contributed by atoms with E-state index in [1.807, 2.05) is 54.1 Å². The molecule has 4 aromatic rings. The number of anilines is 3. The SMILES string of the molecule is Cn1c(Nc2ccc(Br)cc2)nc2cc(Oc3ccnc(N(C=O)CCC4CCCCN4)c3)ccc21. The smallest absolute Gasteiger partial charge is 0.215 e. The average molecular weight is 549 g/mol. The molecule has 1 atom stereocenters. The molecule has 1 unspecified atom stereocenters. The Morgan fingerprint density at radius 3 is 2.78 bits per heavy atom. The van der Waals surface area contributed by atoms with Crippen LogP contribution in [0.15, 0.2) is 65.3 Å². The second kappa shape index (κ2) is 11.1. The van der Waals surface area contributed by atoms with Gasteiger partial charge in [0.15, 0.2) is 0 Å². The van der Waals surface area contributed by atoms with E-state index in [1.165, 1.54) is 12.8 Å². The van der Waals surface area contributed by atoms with Crippen LogP contribution in [0.2, 0.25) is 0 Å². The highest BCUT2D eigenvalue weighted by Crippen LogP contribution is 2.29. The number of rotatable bonds is 9. The van der Waals surface area contributed by atoms with Gasteiger partial charge in [0.25, 0.3) is 0 Å². The molecule has 36 heavy (non-hydrogen) atoms. The van der Waals surface area contributed by atoms with Crippen molar-refractivity contribution in [2.45, 2.75) is 31.7 Å². The Bertz CT molecular complexity index is 1330.